The third-order valence-corrected chi connectivity index (χ3v) is 6.19. The number of nitrogens with zero attached hydrogens (tertiary/aromatic N) is 3. The van der Waals surface area contributed by atoms with Crippen LogP contribution in [-0.4, -0.2) is 30.0 Å². The molecule has 0 radical (unpaired) electrons. The second-order valence-electron chi connectivity index (χ2n) is 8.44. The molecule has 0 unspecified atom stereocenters. The van der Waals surface area contributed by atoms with Crippen LogP contribution in [0.4, 0.5) is 0 Å². The Morgan fingerprint density at radius 2 is 1.41 bits per heavy atom. The zero-order valence-electron chi connectivity index (χ0n) is 21.6. The molecule has 5 rings (SSSR count). The number of methoxy groups -OCH3 is 2. The van der Waals surface area contributed by atoms with Crippen molar-refractivity contribution in [2.45, 2.75) is 6.54 Å². The number of fused-ring (bicyclic) bond motifs is 1. The molecule has 1 aromatic heterocycles. The van der Waals surface area contributed by atoms with E-state index in [-0.39, 0.29) is 0 Å². The Kier molecular flexibility index (Phi) is 10.3. The number of aliphatic imine (C=N–C) groups is 1. The van der Waals surface area contributed by atoms with Crippen LogP contribution < -0.4 is 9.47 Å². The topological polar surface area (TPSA) is 48.6 Å². The first-order valence-corrected chi connectivity index (χ1v) is 17.2. The van der Waals surface area contributed by atoms with Gasteiger partial charge in [-0.05, 0) is 23.3 Å². The zero-order valence-corrected chi connectivity index (χ0v) is 25.2. The van der Waals surface area contributed by atoms with Crippen molar-refractivity contribution < 1.29 is 20.9 Å². The van der Waals surface area contributed by atoms with Crippen molar-refractivity contribution in [3.63, 3.8) is 0 Å². The van der Waals surface area contributed by atoms with Crippen molar-refractivity contribution in [2.75, 3.05) is 14.2 Å². The monoisotopic (exact) mass is 618 g/mol. The molecule has 0 aliphatic rings. The molecule has 0 fully saturated rings. The van der Waals surface area contributed by atoms with Gasteiger partial charge in [-0.2, -0.15) is 0 Å². The molecule has 0 spiro atoms. The molecule has 1 heterocycles. The number of halogens is 3. The minimum atomic E-state index is -1.62. The molecule has 0 atom stereocenters. The van der Waals surface area contributed by atoms with E-state index >= 15 is 0 Å². The molecule has 5 aromatic rings. The predicted molar refractivity (Wildman–Crippen MR) is 160 cm³/mol. The Balaban J connectivity index is 0.000000826. The van der Waals surface area contributed by atoms with Gasteiger partial charge in [-0.1, -0.05) is 72.8 Å². The first-order chi connectivity index (χ1) is 18.9. The van der Waals surface area contributed by atoms with E-state index < -0.39 is 11.4 Å². The summed E-state index contributed by atoms with van der Waals surface area (Å²) in [6.07, 6.45) is 1.84. The van der Waals surface area contributed by atoms with Crippen molar-refractivity contribution in [1.82, 2.24) is 9.55 Å². The first kappa shape index (κ1) is 29.0. The molecular weight excluding hydrogens is 593 g/mol. The molecular formula is C30H27Cl3CrN3O2. The van der Waals surface area contributed by atoms with E-state index in [1.165, 1.54) is 0 Å². The summed E-state index contributed by atoms with van der Waals surface area (Å²) in [7, 11) is 20.1. The average Bonchev–Trinajstić information content (AvgIpc) is 3.29. The van der Waals surface area contributed by atoms with Crippen molar-refractivity contribution in [2.24, 2.45) is 12.0 Å². The number of rotatable bonds is 7. The van der Waals surface area contributed by atoms with Gasteiger partial charge in [0.1, 0.15) is 11.5 Å². The van der Waals surface area contributed by atoms with Gasteiger partial charge in [-0.15, -0.1) is 0 Å². The van der Waals surface area contributed by atoms with E-state index in [1.54, 1.807) is 14.2 Å². The van der Waals surface area contributed by atoms with Crippen LogP contribution in [0.2, 0.25) is 0 Å². The van der Waals surface area contributed by atoms with Gasteiger partial charge in [0.2, 0.25) is 0 Å². The fourth-order valence-corrected chi connectivity index (χ4v) is 4.36. The SMILES string of the molecule is COc1ccc(CN=Cc2nc3c(-c4ccccc4)ccc(-c4ccccc4)c3n2C)c(OC)c1.[Cl][Cr]([Cl])[Cl]. The molecule has 0 amide bonds. The van der Waals surface area contributed by atoms with Crippen molar-refractivity contribution in [3.05, 3.63) is 102 Å². The van der Waals surface area contributed by atoms with Crippen molar-refractivity contribution >= 4 is 47.4 Å². The van der Waals surface area contributed by atoms with Crippen LogP contribution in [0.3, 0.4) is 0 Å². The van der Waals surface area contributed by atoms with E-state index in [9.17, 15) is 0 Å². The van der Waals surface area contributed by atoms with Crippen molar-refractivity contribution in [1.29, 1.82) is 0 Å². The van der Waals surface area contributed by atoms with Crippen LogP contribution in [0.1, 0.15) is 11.4 Å². The summed E-state index contributed by atoms with van der Waals surface area (Å²) in [4.78, 5) is 9.75. The summed E-state index contributed by atoms with van der Waals surface area (Å²) in [5.41, 5.74) is 7.58. The van der Waals surface area contributed by atoms with Crippen LogP contribution >= 0.6 is 30.1 Å². The molecule has 0 bridgehead atoms. The molecule has 39 heavy (non-hydrogen) atoms. The zero-order chi connectivity index (χ0) is 27.8. The predicted octanol–water partition coefficient (Wildman–Crippen LogP) is 8.61. The summed E-state index contributed by atoms with van der Waals surface area (Å²) in [6.45, 7) is 0.480. The Bertz CT molecular complexity index is 1560. The van der Waals surface area contributed by atoms with E-state index in [0.29, 0.717) is 6.54 Å². The van der Waals surface area contributed by atoms with Gasteiger partial charge in [0.15, 0.2) is 5.82 Å². The summed E-state index contributed by atoms with van der Waals surface area (Å²) in [6, 6.07) is 30.9. The number of aromatic nitrogens is 2. The van der Waals surface area contributed by atoms with Crippen LogP contribution in [0.15, 0.2) is 96.0 Å². The van der Waals surface area contributed by atoms with Crippen molar-refractivity contribution in [3.8, 4) is 33.8 Å². The standard InChI is InChI=1S/C30H27N3O2.3ClH.Cr/c1-33-28(20-31-19-23-14-15-24(34-2)18-27(23)35-3)32-29-25(21-10-6-4-7-11-21)16-17-26(30(29)33)22-12-8-5-9-13-22;;;;/h4-18,20H,19H2,1-3H3;3*1H;/q;;;;+3/p-3. The van der Waals surface area contributed by atoms with E-state index in [1.807, 2.05) is 43.6 Å². The number of hydrogen-bond donors (Lipinski definition) is 0. The van der Waals surface area contributed by atoms with Gasteiger partial charge in [0, 0.05) is 29.8 Å². The van der Waals surface area contributed by atoms with E-state index in [0.717, 1.165) is 56.2 Å². The Labute approximate surface area is 245 Å². The van der Waals surface area contributed by atoms with E-state index in [2.05, 4.69) is 65.2 Å². The normalized spacial score (nSPS) is 11.1. The first-order valence-electron chi connectivity index (χ1n) is 12.0. The molecule has 201 valence electrons. The van der Waals surface area contributed by atoms with Crippen LogP contribution in [-0.2, 0) is 25.0 Å². The number of hydrogen-bond acceptors (Lipinski definition) is 4. The molecule has 0 saturated heterocycles. The van der Waals surface area contributed by atoms with Gasteiger partial charge in [-0.3, -0.25) is 4.99 Å². The summed E-state index contributed by atoms with van der Waals surface area (Å²) in [5, 5.41) is 0. The molecule has 0 aliphatic heterocycles. The quantitative estimate of drug-likeness (QED) is 0.171. The fraction of sp³-hybridized carbons (Fsp3) is 0.133. The van der Waals surface area contributed by atoms with Gasteiger partial charge in [0.05, 0.1) is 38.0 Å². The number of aryl methyl sites for hydroxylation is 1. The number of ether oxygens (including phenoxy) is 2. The Morgan fingerprint density at radius 3 is 2.00 bits per heavy atom. The van der Waals surface area contributed by atoms with Gasteiger partial charge in [-0.25, -0.2) is 4.98 Å². The summed E-state index contributed by atoms with van der Waals surface area (Å²) < 4.78 is 12.9. The Morgan fingerprint density at radius 1 is 0.821 bits per heavy atom. The average molecular weight is 620 g/mol. The molecule has 0 N–H and O–H groups in total. The van der Waals surface area contributed by atoms with Crippen LogP contribution in [0, 0.1) is 0 Å². The molecule has 0 saturated carbocycles. The molecule has 4 aromatic carbocycles. The fourth-order valence-electron chi connectivity index (χ4n) is 4.36. The maximum atomic E-state index is 5.52. The minimum absolute atomic E-state index is 0.480. The summed E-state index contributed by atoms with van der Waals surface area (Å²) in [5.74, 6) is 2.31. The third kappa shape index (κ3) is 7.16. The van der Waals surface area contributed by atoms with Crippen LogP contribution in [0.5, 0.6) is 11.5 Å². The second-order valence-corrected chi connectivity index (χ2v) is 14.8. The van der Waals surface area contributed by atoms with Gasteiger partial charge >= 0.3 is 41.5 Å². The van der Waals surface area contributed by atoms with Gasteiger partial charge < -0.3 is 14.0 Å². The number of benzene rings is 4. The third-order valence-electron chi connectivity index (χ3n) is 6.19. The van der Waals surface area contributed by atoms with Crippen LogP contribution in [0.25, 0.3) is 33.3 Å². The summed E-state index contributed by atoms with van der Waals surface area (Å²) >= 11 is -1.62. The maximum absolute atomic E-state index is 5.52. The van der Waals surface area contributed by atoms with E-state index in [4.69, 9.17) is 49.6 Å². The van der Waals surface area contributed by atoms with Gasteiger partial charge in [0.25, 0.3) is 0 Å². The second kappa shape index (κ2) is 13.9. The molecule has 5 nitrogen and oxygen atoms in total. The molecule has 0 aliphatic carbocycles. The number of imidazole rings is 1. The molecule has 9 heteroatoms. The Hall–Kier alpha value is -2.98.